The predicted octanol–water partition coefficient (Wildman–Crippen LogP) is 5.29. The fourth-order valence-corrected chi connectivity index (χ4v) is 4.65. The summed E-state index contributed by atoms with van der Waals surface area (Å²) in [4.78, 5) is 11.6. The van der Waals surface area contributed by atoms with Crippen LogP contribution in [-0.4, -0.2) is 17.0 Å². The van der Waals surface area contributed by atoms with Gasteiger partial charge in [0, 0.05) is 5.92 Å². The number of carbonyl (C=O) groups excluding carboxylic acids is 1. The molecule has 0 spiro atoms. The molecule has 1 fully saturated rings. The van der Waals surface area contributed by atoms with E-state index < -0.39 is 5.60 Å². The van der Waals surface area contributed by atoms with E-state index in [-0.39, 0.29) is 17.1 Å². The van der Waals surface area contributed by atoms with Crippen molar-refractivity contribution in [2.24, 2.45) is 17.3 Å². The van der Waals surface area contributed by atoms with Crippen LogP contribution in [0.25, 0.3) is 6.08 Å². The van der Waals surface area contributed by atoms with Crippen molar-refractivity contribution in [3.8, 4) is 11.5 Å². The highest BCUT2D eigenvalue weighted by atomic mass is 16.5. The van der Waals surface area contributed by atoms with Crippen LogP contribution in [0, 0.1) is 24.2 Å². The molecule has 136 valence electrons. The molecule has 3 atom stereocenters. The Labute approximate surface area is 151 Å². The lowest BCUT2D eigenvalue weighted by molar-refractivity contribution is -0.116. The molecule has 3 heteroatoms. The first-order valence-corrected chi connectivity index (χ1v) is 9.41. The van der Waals surface area contributed by atoms with Gasteiger partial charge in [-0.15, -0.1) is 0 Å². The van der Waals surface area contributed by atoms with Crippen LogP contribution in [0.3, 0.4) is 0 Å². The Morgan fingerprint density at radius 1 is 1.32 bits per heavy atom. The Balaban J connectivity index is 1.76. The van der Waals surface area contributed by atoms with E-state index in [0.29, 0.717) is 5.92 Å². The zero-order valence-electron chi connectivity index (χ0n) is 15.8. The van der Waals surface area contributed by atoms with Gasteiger partial charge in [0.05, 0.1) is 5.56 Å². The number of aldehydes is 1. The van der Waals surface area contributed by atoms with Crippen molar-refractivity contribution in [1.82, 2.24) is 0 Å². The van der Waals surface area contributed by atoms with Crippen molar-refractivity contribution >= 4 is 12.4 Å². The first-order valence-electron chi connectivity index (χ1n) is 9.41. The van der Waals surface area contributed by atoms with Crippen molar-refractivity contribution in [1.29, 1.82) is 0 Å². The third-order valence-corrected chi connectivity index (χ3v) is 6.22. The third-order valence-electron chi connectivity index (χ3n) is 6.22. The van der Waals surface area contributed by atoms with Crippen LogP contribution in [0.5, 0.6) is 11.5 Å². The van der Waals surface area contributed by atoms with Gasteiger partial charge in [0.25, 0.3) is 0 Å². The number of hydrogen-bond acceptors (Lipinski definition) is 3. The Morgan fingerprint density at radius 3 is 2.80 bits per heavy atom. The molecule has 1 N–H and O–H groups in total. The average Bonchev–Trinajstić information content (AvgIpc) is 2.52. The molecule has 1 aromatic carbocycles. The van der Waals surface area contributed by atoms with Gasteiger partial charge in [0.1, 0.15) is 23.4 Å². The monoisotopic (exact) mass is 342 g/mol. The lowest BCUT2D eigenvalue weighted by Gasteiger charge is -2.44. The lowest BCUT2D eigenvalue weighted by atomic mass is 9.62. The summed E-state index contributed by atoms with van der Waals surface area (Å²) in [5, 5.41) is 10.1. The topological polar surface area (TPSA) is 46.5 Å². The Bertz CT molecular complexity index is 689. The standard InChI is InChI=1S/C22H30O3/c1-15-12-19(24)17-7-10-22(4,25-20(17)13-15)11-8-18-16(14-23)6-5-9-21(18,2)3/h7,10,12-14,16,18,24H,5-6,8-9,11H2,1-4H3. The number of hydrogen-bond donors (Lipinski definition) is 1. The number of benzene rings is 1. The molecule has 1 aliphatic carbocycles. The number of ether oxygens (including phenoxy) is 1. The molecular weight excluding hydrogens is 312 g/mol. The summed E-state index contributed by atoms with van der Waals surface area (Å²) in [5.74, 6) is 1.58. The molecule has 1 aromatic rings. The summed E-state index contributed by atoms with van der Waals surface area (Å²) in [7, 11) is 0. The first-order chi connectivity index (χ1) is 11.7. The maximum absolute atomic E-state index is 11.6. The summed E-state index contributed by atoms with van der Waals surface area (Å²) in [5.41, 5.74) is 1.55. The van der Waals surface area contributed by atoms with Crippen LogP contribution in [-0.2, 0) is 4.79 Å². The van der Waals surface area contributed by atoms with Gasteiger partial charge in [0.15, 0.2) is 0 Å². The number of phenolic OH excluding ortho intramolecular Hbond substituents is 1. The van der Waals surface area contributed by atoms with E-state index in [1.807, 2.05) is 19.1 Å². The number of carbonyl (C=O) groups is 1. The molecule has 0 bridgehead atoms. The van der Waals surface area contributed by atoms with Gasteiger partial charge in [-0.25, -0.2) is 0 Å². The second-order valence-corrected chi connectivity index (χ2v) is 8.77. The van der Waals surface area contributed by atoms with E-state index in [4.69, 9.17) is 4.74 Å². The van der Waals surface area contributed by atoms with Gasteiger partial charge in [-0.1, -0.05) is 20.3 Å². The van der Waals surface area contributed by atoms with Crippen molar-refractivity contribution in [3.63, 3.8) is 0 Å². The molecule has 0 saturated heterocycles. The smallest absolute Gasteiger partial charge is 0.131 e. The molecule has 25 heavy (non-hydrogen) atoms. The number of aryl methyl sites for hydroxylation is 1. The summed E-state index contributed by atoms with van der Waals surface area (Å²) < 4.78 is 6.27. The predicted molar refractivity (Wildman–Crippen MR) is 101 cm³/mol. The van der Waals surface area contributed by atoms with Gasteiger partial charge in [0.2, 0.25) is 0 Å². The minimum Gasteiger partial charge on any atom is -0.507 e. The van der Waals surface area contributed by atoms with Crippen molar-refractivity contribution in [3.05, 3.63) is 29.3 Å². The van der Waals surface area contributed by atoms with Gasteiger partial charge in [-0.2, -0.15) is 0 Å². The summed E-state index contributed by atoms with van der Waals surface area (Å²) in [6.45, 7) is 8.64. The third kappa shape index (κ3) is 3.61. The molecule has 0 aromatic heterocycles. The van der Waals surface area contributed by atoms with E-state index in [1.165, 1.54) is 12.7 Å². The van der Waals surface area contributed by atoms with E-state index in [2.05, 4.69) is 26.8 Å². The highest BCUT2D eigenvalue weighted by Crippen LogP contribution is 2.47. The molecule has 1 aliphatic heterocycles. The van der Waals surface area contributed by atoms with Gasteiger partial charge in [-0.3, -0.25) is 0 Å². The van der Waals surface area contributed by atoms with Crippen LogP contribution in [0.2, 0.25) is 0 Å². The summed E-state index contributed by atoms with van der Waals surface area (Å²) >= 11 is 0. The lowest BCUT2D eigenvalue weighted by Crippen LogP contribution is -2.39. The van der Waals surface area contributed by atoms with Gasteiger partial charge < -0.3 is 14.6 Å². The zero-order chi connectivity index (χ0) is 18.2. The van der Waals surface area contributed by atoms with Gasteiger partial charge >= 0.3 is 0 Å². The number of fused-ring (bicyclic) bond motifs is 1. The van der Waals surface area contributed by atoms with E-state index in [1.54, 1.807) is 6.07 Å². The first kappa shape index (κ1) is 18.0. The van der Waals surface area contributed by atoms with E-state index in [9.17, 15) is 9.90 Å². The van der Waals surface area contributed by atoms with Crippen LogP contribution < -0.4 is 4.74 Å². The maximum Gasteiger partial charge on any atom is 0.131 e. The van der Waals surface area contributed by atoms with Crippen molar-refractivity contribution in [2.75, 3.05) is 0 Å². The highest BCUT2D eigenvalue weighted by molar-refractivity contribution is 5.67. The van der Waals surface area contributed by atoms with Crippen molar-refractivity contribution in [2.45, 2.75) is 65.4 Å². The number of phenols is 1. The Hall–Kier alpha value is -1.77. The Kier molecular flexibility index (Phi) is 4.70. The quantitative estimate of drug-likeness (QED) is 0.757. The van der Waals surface area contributed by atoms with E-state index >= 15 is 0 Å². The van der Waals surface area contributed by atoms with Crippen LogP contribution in [0.15, 0.2) is 18.2 Å². The van der Waals surface area contributed by atoms with Crippen LogP contribution >= 0.6 is 0 Å². The summed E-state index contributed by atoms with van der Waals surface area (Å²) in [6.07, 6.45) is 10.4. The zero-order valence-corrected chi connectivity index (χ0v) is 15.8. The Morgan fingerprint density at radius 2 is 2.08 bits per heavy atom. The second kappa shape index (κ2) is 6.51. The molecule has 1 heterocycles. The largest absolute Gasteiger partial charge is 0.507 e. The normalized spacial score (nSPS) is 30.4. The molecule has 1 saturated carbocycles. The molecule has 0 radical (unpaired) electrons. The van der Waals surface area contributed by atoms with E-state index in [0.717, 1.165) is 42.6 Å². The number of aromatic hydroxyl groups is 1. The summed E-state index contributed by atoms with van der Waals surface area (Å²) in [6, 6.07) is 3.74. The van der Waals surface area contributed by atoms with Crippen molar-refractivity contribution < 1.29 is 14.6 Å². The minimum absolute atomic E-state index is 0.165. The second-order valence-electron chi connectivity index (χ2n) is 8.77. The minimum atomic E-state index is -0.395. The maximum atomic E-state index is 11.6. The fraction of sp³-hybridized carbons (Fsp3) is 0.591. The van der Waals surface area contributed by atoms with Crippen LogP contribution in [0.1, 0.15) is 64.0 Å². The fourth-order valence-electron chi connectivity index (χ4n) is 4.65. The van der Waals surface area contributed by atoms with Gasteiger partial charge in [-0.05, 0) is 80.7 Å². The number of rotatable bonds is 4. The molecule has 2 aliphatic rings. The molecule has 0 amide bonds. The molecule has 3 nitrogen and oxygen atoms in total. The molecule has 3 rings (SSSR count). The SMILES string of the molecule is Cc1cc(O)c2c(c1)OC(C)(CCC1C(C=O)CCCC1(C)C)C=C2. The van der Waals surface area contributed by atoms with Crippen LogP contribution in [0.4, 0.5) is 0 Å². The average molecular weight is 342 g/mol. The molecular formula is C22H30O3. The highest BCUT2D eigenvalue weighted by Gasteiger charge is 2.40. The molecule has 3 unspecified atom stereocenters.